The van der Waals surface area contributed by atoms with Crippen LogP contribution in [0.15, 0.2) is 42.5 Å². The molecule has 0 aromatic heterocycles. The largest absolute Gasteiger partial charge is 0.379 e. The van der Waals surface area contributed by atoms with Gasteiger partial charge in [-0.05, 0) is 41.7 Å². The van der Waals surface area contributed by atoms with Gasteiger partial charge in [-0.3, -0.25) is 9.69 Å². The Hall–Kier alpha value is -1.68. The van der Waals surface area contributed by atoms with Crippen molar-refractivity contribution >= 4 is 39.1 Å². The van der Waals surface area contributed by atoms with Crippen molar-refractivity contribution in [3.63, 3.8) is 0 Å². The molecule has 2 aliphatic rings. The first kappa shape index (κ1) is 26.4. The van der Waals surface area contributed by atoms with E-state index in [4.69, 9.17) is 27.9 Å². The Morgan fingerprint density at radius 2 is 1.77 bits per heavy atom. The van der Waals surface area contributed by atoms with E-state index in [1.807, 2.05) is 12.1 Å². The summed E-state index contributed by atoms with van der Waals surface area (Å²) in [5.74, 6) is -0.657. The van der Waals surface area contributed by atoms with Gasteiger partial charge in [-0.25, -0.2) is 12.7 Å². The molecule has 2 aromatic rings. The summed E-state index contributed by atoms with van der Waals surface area (Å²) in [6.45, 7) is 5.25. The number of hydrogen-bond acceptors (Lipinski definition) is 5. The predicted octanol–water partition coefficient (Wildman–Crippen LogP) is 3.68. The van der Waals surface area contributed by atoms with Crippen LogP contribution in [0.1, 0.15) is 29.5 Å². The molecule has 1 N–H and O–H groups in total. The molecule has 2 aromatic carbocycles. The number of benzene rings is 2. The second-order valence-corrected chi connectivity index (χ2v) is 11.9. The molecule has 0 aliphatic carbocycles. The van der Waals surface area contributed by atoms with Gasteiger partial charge in [-0.15, -0.1) is 0 Å². The van der Waals surface area contributed by atoms with Crippen LogP contribution < -0.4 is 5.32 Å². The molecule has 2 fully saturated rings. The van der Waals surface area contributed by atoms with Crippen LogP contribution in [0, 0.1) is 5.92 Å². The Labute approximate surface area is 217 Å². The zero-order chi connectivity index (χ0) is 24.8. The molecular formula is C25H31Cl2N3O4S. The Kier molecular flexibility index (Phi) is 9.07. The van der Waals surface area contributed by atoms with E-state index in [0.717, 1.165) is 38.4 Å². The molecule has 0 bridgehead atoms. The molecule has 10 heteroatoms. The first-order valence-corrected chi connectivity index (χ1v) is 14.2. The highest BCUT2D eigenvalue weighted by molar-refractivity contribution is 7.88. The summed E-state index contributed by atoms with van der Waals surface area (Å²) in [6.07, 6.45) is 1.31. The third-order valence-electron chi connectivity index (χ3n) is 6.45. The minimum Gasteiger partial charge on any atom is -0.379 e. The molecule has 0 spiro atoms. The van der Waals surface area contributed by atoms with Crippen LogP contribution in [-0.4, -0.2) is 62.9 Å². The maximum absolute atomic E-state index is 13.0. The average molecular weight is 541 g/mol. The average Bonchev–Trinajstić information content (AvgIpc) is 2.85. The molecule has 0 unspecified atom stereocenters. The molecule has 7 nitrogen and oxygen atoms in total. The van der Waals surface area contributed by atoms with Crippen LogP contribution in [0.3, 0.4) is 0 Å². The van der Waals surface area contributed by atoms with Gasteiger partial charge in [-0.1, -0.05) is 53.5 Å². The van der Waals surface area contributed by atoms with E-state index < -0.39 is 10.0 Å². The Morgan fingerprint density at radius 1 is 1.00 bits per heavy atom. The fourth-order valence-electron chi connectivity index (χ4n) is 4.53. The van der Waals surface area contributed by atoms with Crippen LogP contribution in [0.4, 0.5) is 0 Å². The molecule has 1 amide bonds. The lowest BCUT2D eigenvalue weighted by atomic mass is 9.98. The molecule has 2 aliphatic heterocycles. The fourth-order valence-corrected chi connectivity index (χ4v) is 6.45. The van der Waals surface area contributed by atoms with E-state index in [0.29, 0.717) is 41.5 Å². The number of halogens is 2. The number of rotatable bonds is 8. The zero-order valence-electron chi connectivity index (χ0n) is 19.6. The Morgan fingerprint density at radius 3 is 2.54 bits per heavy atom. The summed E-state index contributed by atoms with van der Waals surface area (Å²) in [5.41, 5.74) is 2.81. The van der Waals surface area contributed by atoms with Gasteiger partial charge in [0.15, 0.2) is 0 Å². The number of hydrogen-bond donors (Lipinski definition) is 1. The monoisotopic (exact) mass is 539 g/mol. The van der Waals surface area contributed by atoms with E-state index in [9.17, 15) is 13.2 Å². The van der Waals surface area contributed by atoms with Crippen LogP contribution in [0.5, 0.6) is 0 Å². The van der Waals surface area contributed by atoms with Gasteiger partial charge in [0.1, 0.15) is 0 Å². The Bertz CT molecular complexity index is 1140. The molecule has 190 valence electrons. The quantitative estimate of drug-likeness (QED) is 0.553. The minimum absolute atomic E-state index is 0.113. The number of carbonyl (C=O) groups is 1. The Balaban J connectivity index is 1.31. The maximum Gasteiger partial charge on any atom is 0.224 e. The van der Waals surface area contributed by atoms with Crippen LogP contribution in [-0.2, 0) is 38.4 Å². The second kappa shape index (κ2) is 12.0. The van der Waals surface area contributed by atoms with Gasteiger partial charge in [0, 0.05) is 39.3 Å². The summed E-state index contributed by atoms with van der Waals surface area (Å²) < 4.78 is 32.8. The van der Waals surface area contributed by atoms with Crippen molar-refractivity contribution < 1.29 is 17.9 Å². The number of nitrogens with one attached hydrogen (secondary N) is 1. The standard InChI is InChI=1S/C25H31Cl2N3O4S/c26-23-7-6-21(14-24(23)27)18-35(32,33)30-8-2-5-22(17-30)25(31)28-15-19-3-1-4-20(13-19)16-29-9-11-34-12-10-29/h1,3-4,6-7,13-14,22H,2,5,8-12,15-18H2,(H,28,31)/t22-/m0/s1. The lowest BCUT2D eigenvalue weighted by molar-refractivity contribution is -0.126. The minimum atomic E-state index is -3.58. The summed E-state index contributed by atoms with van der Waals surface area (Å²) in [6, 6.07) is 13.0. The normalized spacial score (nSPS) is 20.0. The van der Waals surface area contributed by atoms with E-state index in [2.05, 4.69) is 22.3 Å². The van der Waals surface area contributed by atoms with Crippen LogP contribution in [0.25, 0.3) is 0 Å². The summed E-state index contributed by atoms with van der Waals surface area (Å²) in [5, 5.41) is 3.72. The number of sulfonamides is 1. The zero-order valence-corrected chi connectivity index (χ0v) is 21.9. The molecular weight excluding hydrogens is 509 g/mol. The molecule has 4 rings (SSSR count). The molecule has 0 radical (unpaired) electrons. The van der Waals surface area contributed by atoms with Gasteiger partial charge in [0.2, 0.25) is 15.9 Å². The van der Waals surface area contributed by atoms with Crippen molar-refractivity contribution in [3.8, 4) is 0 Å². The number of carbonyl (C=O) groups excluding carboxylic acids is 1. The summed E-state index contributed by atoms with van der Waals surface area (Å²) >= 11 is 12.0. The number of amides is 1. The van der Waals surface area contributed by atoms with Gasteiger partial charge >= 0.3 is 0 Å². The molecule has 2 heterocycles. The van der Waals surface area contributed by atoms with E-state index in [1.54, 1.807) is 18.2 Å². The molecule has 0 saturated carbocycles. The molecule has 2 saturated heterocycles. The number of ether oxygens (including phenoxy) is 1. The lowest BCUT2D eigenvalue weighted by Gasteiger charge is -2.31. The van der Waals surface area contributed by atoms with E-state index >= 15 is 0 Å². The second-order valence-electron chi connectivity index (χ2n) is 9.13. The van der Waals surface area contributed by atoms with Crippen molar-refractivity contribution in [2.75, 3.05) is 39.4 Å². The highest BCUT2D eigenvalue weighted by atomic mass is 35.5. The maximum atomic E-state index is 13.0. The summed E-state index contributed by atoms with van der Waals surface area (Å²) in [4.78, 5) is 15.3. The smallest absolute Gasteiger partial charge is 0.224 e. The van der Waals surface area contributed by atoms with Crippen molar-refractivity contribution in [2.45, 2.75) is 31.7 Å². The predicted molar refractivity (Wildman–Crippen MR) is 138 cm³/mol. The third-order valence-corrected chi connectivity index (χ3v) is 9.01. The van der Waals surface area contributed by atoms with Gasteiger partial charge in [0.25, 0.3) is 0 Å². The number of piperidine rings is 1. The SMILES string of the molecule is O=C(NCc1cccc(CN2CCOCC2)c1)[C@H]1CCCN(S(=O)(=O)Cc2ccc(Cl)c(Cl)c2)C1. The van der Waals surface area contributed by atoms with E-state index in [1.165, 1.54) is 9.87 Å². The van der Waals surface area contributed by atoms with Crippen molar-refractivity contribution in [2.24, 2.45) is 5.92 Å². The number of nitrogens with zero attached hydrogens (tertiary/aromatic N) is 2. The van der Waals surface area contributed by atoms with Crippen LogP contribution in [0.2, 0.25) is 10.0 Å². The fraction of sp³-hybridized carbons (Fsp3) is 0.480. The van der Waals surface area contributed by atoms with Crippen molar-refractivity contribution in [3.05, 3.63) is 69.2 Å². The molecule has 35 heavy (non-hydrogen) atoms. The van der Waals surface area contributed by atoms with Gasteiger partial charge in [0.05, 0.1) is 34.9 Å². The van der Waals surface area contributed by atoms with Crippen LogP contribution >= 0.6 is 23.2 Å². The molecule has 1 atom stereocenters. The van der Waals surface area contributed by atoms with E-state index in [-0.39, 0.29) is 24.1 Å². The topological polar surface area (TPSA) is 79.0 Å². The first-order chi connectivity index (χ1) is 16.8. The number of morpholine rings is 1. The highest BCUT2D eigenvalue weighted by Gasteiger charge is 2.32. The van der Waals surface area contributed by atoms with Gasteiger partial charge in [-0.2, -0.15) is 0 Å². The van der Waals surface area contributed by atoms with Crippen molar-refractivity contribution in [1.29, 1.82) is 0 Å². The van der Waals surface area contributed by atoms with Crippen molar-refractivity contribution in [1.82, 2.24) is 14.5 Å². The first-order valence-electron chi connectivity index (χ1n) is 11.9. The lowest BCUT2D eigenvalue weighted by Crippen LogP contribution is -2.45. The van der Waals surface area contributed by atoms with Gasteiger partial charge < -0.3 is 10.1 Å². The highest BCUT2D eigenvalue weighted by Crippen LogP contribution is 2.26. The third kappa shape index (κ3) is 7.41. The summed E-state index contributed by atoms with van der Waals surface area (Å²) in [7, 11) is -3.58.